The Balaban J connectivity index is 2.31. The van der Waals surface area contributed by atoms with Gasteiger partial charge in [0.25, 0.3) is 0 Å². The van der Waals surface area contributed by atoms with Crippen molar-refractivity contribution < 1.29 is 18.5 Å². The number of thiol groups is 1. The monoisotopic (exact) mass is 323 g/mol. The van der Waals surface area contributed by atoms with E-state index >= 15 is 0 Å². The molecule has 0 spiro atoms. The first-order valence-electron chi connectivity index (χ1n) is 6.98. The van der Waals surface area contributed by atoms with E-state index in [9.17, 15) is 9.18 Å². The largest absolute Gasteiger partial charge is 0.491 e. The van der Waals surface area contributed by atoms with Gasteiger partial charge in [-0.05, 0) is 45.3 Å². The molecule has 0 aliphatic carbocycles. The second kappa shape index (κ2) is 6.14. The molecular formula is C15H19BFNO3S. The molecule has 1 aromatic heterocycles. The third-order valence-corrected chi connectivity index (χ3v) is 4.47. The van der Waals surface area contributed by atoms with Crippen LogP contribution in [0.1, 0.15) is 43.7 Å². The maximum atomic E-state index is 13.3. The molecule has 0 N–H and O–H groups in total. The van der Waals surface area contributed by atoms with Gasteiger partial charge in [0, 0.05) is 5.75 Å². The molecule has 118 valence electrons. The van der Waals surface area contributed by atoms with Gasteiger partial charge in [0.15, 0.2) is 12.1 Å². The summed E-state index contributed by atoms with van der Waals surface area (Å²) in [6.45, 7) is 7.85. The zero-order chi connectivity index (χ0) is 16.5. The van der Waals surface area contributed by atoms with Gasteiger partial charge in [0.05, 0.1) is 28.7 Å². The minimum absolute atomic E-state index is 0.0336. The zero-order valence-corrected chi connectivity index (χ0v) is 14.0. The van der Waals surface area contributed by atoms with Crippen LogP contribution >= 0.6 is 12.6 Å². The van der Waals surface area contributed by atoms with Crippen molar-refractivity contribution in [1.82, 2.24) is 4.98 Å². The normalized spacial score (nSPS) is 20.3. The van der Waals surface area contributed by atoms with E-state index in [4.69, 9.17) is 9.31 Å². The van der Waals surface area contributed by atoms with Gasteiger partial charge < -0.3 is 9.31 Å². The summed E-state index contributed by atoms with van der Waals surface area (Å²) in [7, 11) is -0.547. The molecule has 0 unspecified atom stereocenters. The minimum Gasteiger partial charge on any atom is -0.400 e. The number of aromatic nitrogens is 1. The average molecular weight is 323 g/mol. The smallest absolute Gasteiger partial charge is 0.400 e. The second-order valence-corrected chi connectivity index (χ2v) is 6.53. The highest BCUT2D eigenvalue weighted by Crippen LogP contribution is 2.38. The van der Waals surface area contributed by atoms with E-state index < -0.39 is 24.1 Å². The van der Waals surface area contributed by atoms with E-state index in [-0.39, 0.29) is 5.56 Å². The number of hydrogen-bond acceptors (Lipinski definition) is 5. The maximum absolute atomic E-state index is 13.3. The molecule has 0 radical (unpaired) electrons. The number of carbonyl (C=O) groups is 1. The zero-order valence-electron chi connectivity index (χ0n) is 13.1. The average Bonchev–Trinajstić information content (AvgIpc) is 2.66. The lowest BCUT2D eigenvalue weighted by Gasteiger charge is -2.32. The molecule has 1 saturated heterocycles. The summed E-state index contributed by atoms with van der Waals surface area (Å²) in [6, 6.07) is 1.39. The van der Waals surface area contributed by atoms with Crippen LogP contribution < -0.4 is 0 Å². The first-order chi connectivity index (χ1) is 10.2. The molecule has 7 heteroatoms. The minimum atomic E-state index is -0.643. The first-order valence-corrected chi connectivity index (χ1v) is 7.61. The molecule has 1 fully saturated rings. The Kier molecular flexibility index (Phi) is 4.80. The van der Waals surface area contributed by atoms with Crippen LogP contribution in [0.4, 0.5) is 4.39 Å². The van der Waals surface area contributed by atoms with E-state index in [0.717, 1.165) is 11.7 Å². The third kappa shape index (κ3) is 3.26. The third-order valence-electron chi connectivity index (χ3n) is 4.10. The number of rotatable bonds is 4. The fourth-order valence-corrected chi connectivity index (χ4v) is 2.25. The summed E-state index contributed by atoms with van der Waals surface area (Å²) >= 11 is 4.30. The van der Waals surface area contributed by atoms with Crippen molar-refractivity contribution in [2.24, 2.45) is 0 Å². The predicted molar refractivity (Wildman–Crippen MR) is 87.5 cm³/mol. The van der Waals surface area contributed by atoms with Crippen LogP contribution in [0.2, 0.25) is 0 Å². The molecule has 1 aromatic rings. The standard InChI is InChI=1S/C15H19BFNO3S/c1-14(2)15(3,4)21-16(20-14)11(9-22)6-12-5-10(8-19)13(17)7-18-12/h5-8,22H,9H2,1-4H3. The van der Waals surface area contributed by atoms with E-state index in [1.807, 2.05) is 27.7 Å². The summed E-state index contributed by atoms with van der Waals surface area (Å²) in [4.78, 5) is 14.8. The van der Waals surface area contributed by atoms with Crippen LogP contribution in [0.25, 0.3) is 6.08 Å². The van der Waals surface area contributed by atoms with Gasteiger partial charge in [0.1, 0.15) is 0 Å². The maximum Gasteiger partial charge on any atom is 0.491 e. The molecule has 2 rings (SSSR count). The quantitative estimate of drug-likeness (QED) is 0.526. The van der Waals surface area contributed by atoms with Crippen LogP contribution in [0.5, 0.6) is 0 Å². The van der Waals surface area contributed by atoms with Crippen molar-refractivity contribution in [3.63, 3.8) is 0 Å². The number of hydrogen-bond donors (Lipinski definition) is 1. The molecular weight excluding hydrogens is 304 g/mol. The van der Waals surface area contributed by atoms with E-state index in [1.54, 1.807) is 6.08 Å². The summed E-state index contributed by atoms with van der Waals surface area (Å²) in [5.41, 5.74) is 0.280. The number of aldehydes is 1. The summed E-state index contributed by atoms with van der Waals surface area (Å²) in [5.74, 6) is -0.248. The summed E-state index contributed by atoms with van der Waals surface area (Å²) < 4.78 is 25.2. The number of pyridine rings is 1. The Labute approximate surface area is 135 Å². The fraction of sp³-hybridized carbons (Fsp3) is 0.467. The van der Waals surface area contributed by atoms with Gasteiger partial charge >= 0.3 is 7.12 Å². The molecule has 0 saturated carbocycles. The van der Waals surface area contributed by atoms with Crippen molar-refractivity contribution in [2.45, 2.75) is 38.9 Å². The van der Waals surface area contributed by atoms with E-state index in [2.05, 4.69) is 17.6 Å². The van der Waals surface area contributed by atoms with Crippen LogP contribution in [-0.4, -0.2) is 35.3 Å². The van der Waals surface area contributed by atoms with Crippen molar-refractivity contribution >= 4 is 32.1 Å². The van der Waals surface area contributed by atoms with Crippen LogP contribution in [-0.2, 0) is 9.31 Å². The van der Waals surface area contributed by atoms with E-state index in [0.29, 0.717) is 17.7 Å². The van der Waals surface area contributed by atoms with Crippen LogP contribution in [0.15, 0.2) is 17.7 Å². The SMILES string of the molecule is CC1(C)OB(C(=Cc2cc(C=O)c(F)cn2)CS)OC1(C)C. The van der Waals surface area contributed by atoms with Gasteiger partial charge in [-0.3, -0.25) is 9.78 Å². The number of halogens is 1. The highest BCUT2D eigenvalue weighted by atomic mass is 32.1. The molecule has 0 amide bonds. The van der Waals surface area contributed by atoms with Gasteiger partial charge in [-0.15, -0.1) is 0 Å². The molecule has 0 aromatic carbocycles. The molecule has 2 heterocycles. The molecule has 4 nitrogen and oxygen atoms in total. The van der Waals surface area contributed by atoms with Crippen molar-refractivity contribution in [2.75, 3.05) is 5.75 Å². The van der Waals surface area contributed by atoms with Crippen molar-refractivity contribution in [1.29, 1.82) is 0 Å². The molecule has 0 bridgehead atoms. The lowest BCUT2D eigenvalue weighted by Crippen LogP contribution is -2.41. The molecule has 0 atom stereocenters. The van der Waals surface area contributed by atoms with E-state index in [1.165, 1.54) is 6.07 Å². The van der Waals surface area contributed by atoms with Gasteiger partial charge in [-0.1, -0.05) is 0 Å². The van der Waals surface area contributed by atoms with Crippen molar-refractivity contribution in [3.05, 3.63) is 34.8 Å². The van der Waals surface area contributed by atoms with Crippen molar-refractivity contribution in [3.8, 4) is 0 Å². The molecule has 1 aliphatic rings. The highest BCUT2D eigenvalue weighted by molar-refractivity contribution is 7.80. The molecule has 1 aliphatic heterocycles. The topological polar surface area (TPSA) is 48.4 Å². The summed E-state index contributed by atoms with van der Waals surface area (Å²) in [6.07, 6.45) is 3.20. The van der Waals surface area contributed by atoms with Gasteiger partial charge in [-0.2, -0.15) is 12.6 Å². The fourth-order valence-electron chi connectivity index (χ4n) is 2.01. The van der Waals surface area contributed by atoms with Crippen LogP contribution in [0, 0.1) is 5.82 Å². The lowest BCUT2D eigenvalue weighted by molar-refractivity contribution is 0.00578. The molecule has 22 heavy (non-hydrogen) atoms. The Morgan fingerprint density at radius 1 is 1.36 bits per heavy atom. The van der Waals surface area contributed by atoms with Gasteiger partial charge in [0.2, 0.25) is 0 Å². The van der Waals surface area contributed by atoms with Crippen LogP contribution in [0.3, 0.4) is 0 Å². The Bertz CT molecular complexity index is 603. The number of carbonyl (C=O) groups excluding carboxylic acids is 1. The lowest BCUT2D eigenvalue weighted by atomic mass is 9.78. The van der Waals surface area contributed by atoms with Gasteiger partial charge in [-0.25, -0.2) is 4.39 Å². The predicted octanol–water partition coefficient (Wildman–Crippen LogP) is 2.98. The Morgan fingerprint density at radius 2 is 1.95 bits per heavy atom. The summed E-state index contributed by atoms with van der Waals surface area (Å²) in [5, 5.41) is 0. The number of nitrogens with zero attached hydrogens (tertiary/aromatic N) is 1. The first kappa shape index (κ1) is 17.2. The Hall–Kier alpha value is -1.18. The Morgan fingerprint density at radius 3 is 2.45 bits per heavy atom. The second-order valence-electron chi connectivity index (χ2n) is 6.21. The highest BCUT2D eigenvalue weighted by Gasteiger charge is 2.52.